The van der Waals surface area contributed by atoms with E-state index in [0.717, 1.165) is 18.9 Å². The summed E-state index contributed by atoms with van der Waals surface area (Å²) in [6.07, 6.45) is 4.30. The SMILES string of the molecule is Fc1cc(F)c(F)c(C2=CCCC2)c1. The second-order valence-electron chi connectivity index (χ2n) is 3.37. The summed E-state index contributed by atoms with van der Waals surface area (Å²) in [7, 11) is 0. The van der Waals surface area contributed by atoms with Crippen LogP contribution in [0.4, 0.5) is 13.2 Å². The van der Waals surface area contributed by atoms with E-state index in [1.54, 1.807) is 0 Å². The maximum Gasteiger partial charge on any atom is 0.166 e. The summed E-state index contributed by atoms with van der Waals surface area (Å²) in [6.45, 7) is 0. The van der Waals surface area contributed by atoms with Gasteiger partial charge in [0.25, 0.3) is 0 Å². The van der Waals surface area contributed by atoms with E-state index in [9.17, 15) is 13.2 Å². The van der Waals surface area contributed by atoms with Crippen LogP contribution in [0.1, 0.15) is 24.8 Å². The Kier molecular flexibility index (Phi) is 2.32. The van der Waals surface area contributed by atoms with Crippen molar-refractivity contribution in [2.24, 2.45) is 0 Å². The van der Waals surface area contributed by atoms with Gasteiger partial charge in [-0.1, -0.05) is 6.08 Å². The van der Waals surface area contributed by atoms with Crippen molar-refractivity contribution in [1.82, 2.24) is 0 Å². The zero-order chi connectivity index (χ0) is 10.1. The Morgan fingerprint density at radius 3 is 2.50 bits per heavy atom. The summed E-state index contributed by atoms with van der Waals surface area (Å²) in [5, 5.41) is 0. The first-order valence-corrected chi connectivity index (χ1v) is 4.52. The van der Waals surface area contributed by atoms with Crippen molar-refractivity contribution >= 4 is 5.57 Å². The minimum absolute atomic E-state index is 0.0694. The molecule has 0 heterocycles. The Bertz CT molecular complexity index is 394. The highest BCUT2D eigenvalue weighted by Crippen LogP contribution is 2.30. The van der Waals surface area contributed by atoms with E-state index in [0.29, 0.717) is 18.1 Å². The topological polar surface area (TPSA) is 0 Å². The molecule has 0 saturated heterocycles. The molecule has 14 heavy (non-hydrogen) atoms. The first-order chi connectivity index (χ1) is 6.68. The van der Waals surface area contributed by atoms with Crippen LogP contribution < -0.4 is 0 Å². The average Bonchev–Trinajstić information content (AvgIpc) is 2.63. The molecule has 3 heteroatoms. The van der Waals surface area contributed by atoms with Crippen LogP contribution >= 0.6 is 0 Å². The number of allylic oxidation sites excluding steroid dienone is 2. The summed E-state index contributed by atoms with van der Waals surface area (Å²) < 4.78 is 38.9. The van der Waals surface area contributed by atoms with Crippen LogP contribution in [-0.2, 0) is 0 Å². The van der Waals surface area contributed by atoms with E-state index in [-0.39, 0.29) is 5.56 Å². The molecule has 0 aromatic heterocycles. The Morgan fingerprint density at radius 2 is 1.86 bits per heavy atom. The van der Waals surface area contributed by atoms with E-state index in [1.807, 2.05) is 6.08 Å². The lowest BCUT2D eigenvalue weighted by atomic mass is 10.0. The van der Waals surface area contributed by atoms with Crippen molar-refractivity contribution < 1.29 is 13.2 Å². The van der Waals surface area contributed by atoms with Crippen molar-refractivity contribution in [2.75, 3.05) is 0 Å². The second kappa shape index (κ2) is 3.48. The smallest absolute Gasteiger partial charge is 0.166 e. The molecule has 0 aliphatic heterocycles. The van der Waals surface area contributed by atoms with Gasteiger partial charge in [0.05, 0.1) is 0 Å². The van der Waals surface area contributed by atoms with Crippen LogP contribution in [0, 0.1) is 17.5 Å². The predicted octanol–water partition coefficient (Wildman–Crippen LogP) is 3.67. The predicted molar refractivity (Wildman–Crippen MR) is 48.1 cm³/mol. The molecule has 0 bridgehead atoms. The summed E-state index contributed by atoms with van der Waals surface area (Å²) in [4.78, 5) is 0. The molecule has 1 aliphatic rings. The summed E-state index contributed by atoms with van der Waals surface area (Å²) >= 11 is 0. The van der Waals surface area contributed by atoms with Crippen LogP contribution in [0.2, 0.25) is 0 Å². The highest BCUT2D eigenvalue weighted by molar-refractivity contribution is 5.67. The van der Waals surface area contributed by atoms with E-state index >= 15 is 0 Å². The first-order valence-electron chi connectivity index (χ1n) is 4.52. The Balaban J connectivity index is 2.51. The number of benzene rings is 1. The molecule has 1 aromatic rings. The summed E-state index contributed by atoms with van der Waals surface area (Å²) in [6, 6.07) is 1.61. The van der Waals surface area contributed by atoms with Gasteiger partial charge in [-0.3, -0.25) is 0 Å². The molecule has 2 rings (SSSR count). The van der Waals surface area contributed by atoms with Gasteiger partial charge < -0.3 is 0 Å². The molecule has 0 amide bonds. The average molecular weight is 198 g/mol. The van der Waals surface area contributed by atoms with Crippen LogP contribution in [0.5, 0.6) is 0 Å². The molecule has 0 atom stereocenters. The Morgan fingerprint density at radius 1 is 1.07 bits per heavy atom. The molecular formula is C11H9F3. The molecule has 1 aliphatic carbocycles. The van der Waals surface area contributed by atoms with E-state index in [4.69, 9.17) is 0 Å². The van der Waals surface area contributed by atoms with Gasteiger partial charge >= 0.3 is 0 Å². The molecule has 0 radical (unpaired) electrons. The minimum Gasteiger partial charge on any atom is -0.207 e. The zero-order valence-electron chi connectivity index (χ0n) is 7.49. The lowest BCUT2D eigenvalue weighted by molar-refractivity contribution is 0.492. The van der Waals surface area contributed by atoms with Crippen molar-refractivity contribution in [3.8, 4) is 0 Å². The number of halogens is 3. The van der Waals surface area contributed by atoms with Gasteiger partial charge in [-0.25, -0.2) is 13.2 Å². The van der Waals surface area contributed by atoms with Crippen molar-refractivity contribution in [2.45, 2.75) is 19.3 Å². The first kappa shape index (κ1) is 9.31. The van der Waals surface area contributed by atoms with Crippen molar-refractivity contribution in [1.29, 1.82) is 0 Å². The lowest BCUT2D eigenvalue weighted by Gasteiger charge is -2.04. The molecule has 0 saturated carbocycles. The fraction of sp³-hybridized carbons (Fsp3) is 0.273. The standard InChI is InChI=1S/C11H9F3/c12-8-5-9(7-3-1-2-4-7)11(14)10(13)6-8/h3,5-6H,1-2,4H2. The van der Waals surface area contributed by atoms with Gasteiger partial charge in [0, 0.05) is 11.6 Å². The highest BCUT2D eigenvalue weighted by atomic mass is 19.2. The third-order valence-corrected chi connectivity index (χ3v) is 2.38. The van der Waals surface area contributed by atoms with E-state index in [2.05, 4.69) is 0 Å². The van der Waals surface area contributed by atoms with Crippen LogP contribution in [0.25, 0.3) is 5.57 Å². The Labute approximate surface area is 80.1 Å². The minimum atomic E-state index is -1.12. The van der Waals surface area contributed by atoms with E-state index in [1.165, 1.54) is 0 Å². The summed E-state index contributed by atoms with van der Waals surface area (Å²) in [5.74, 6) is -2.79. The van der Waals surface area contributed by atoms with Crippen LogP contribution in [0.3, 0.4) is 0 Å². The lowest BCUT2D eigenvalue weighted by Crippen LogP contribution is -1.94. The molecule has 0 fully saturated rings. The van der Waals surface area contributed by atoms with Gasteiger partial charge in [0.15, 0.2) is 11.6 Å². The maximum atomic E-state index is 13.3. The van der Waals surface area contributed by atoms with Gasteiger partial charge in [0.2, 0.25) is 0 Å². The molecule has 1 aromatic carbocycles. The Hall–Kier alpha value is -1.25. The second-order valence-corrected chi connectivity index (χ2v) is 3.37. The largest absolute Gasteiger partial charge is 0.207 e. The van der Waals surface area contributed by atoms with Crippen molar-refractivity contribution in [3.63, 3.8) is 0 Å². The van der Waals surface area contributed by atoms with Gasteiger partial charge in [0.1, 0.15) is 5.82 Å². The van der Waals surface area contributed by atoms with Crippen LogP contribution in [0.15, 0.2) is 18.2 Å². The summed E-state index contributed by atoms with van der Waals surface area (Å²) in [5.41, 5.74) is 0.779. The molecule has 0 N–H and O–H groups in total. The zero-order valence-corrected chi connectivity index (χ0v) is 7.49. The van der Waals surface area contributed by atoms with Crippen LogP contribution in [-0.4, -0.2) is 0 Å². The van der Waals surface area contributed by atoms with Crippen molar-refractivity contribution in [3.05, 3.63) is 41.2 Å². The number of hydrogen-bond donors (Lipinski definition) is 0. The third-order valence-electron chi connectivity index (χ3n) is 2.38. The fourth-order valence-corrected chi connectivity index (χ4v) is 1.71. The normalized spacial score (nSPS) is 15.8. The number of rotatable bonds is 1. The van der Waals surface area contributed by atoms with Gasteiger partial charge in [-0.15, -0.1) is 0 Å². The molecule has 0 unspecified atom stereocenters. The number of hydrogen-bond acceptors (Lipinski definition) is 0. The quantitative estimate of drug-likeness (QED) is 0.604. The molecule has 74 valence electrons. The fourth-order valence-electron chi connectivity index (χ4n) is 1.71. The monoisotopic (exact) mass is 198 g/mol. The highest BCUT2D eigenvalue weighted by Gasteiger charge is 2.16. The molecule has 0 spiro atoms. The molecule has 0 nitrogen and oxygen atoms in total. The third kappa shape index (κ3) is 1.54. The van der Waals surface area contributed by atoms with Gasteiger partial charge in [-0.2, -0.15) is 0 Å². The maximum absolute atomic E-state index is 13.3. The van der Waals surface area contributed by atoms with E-state index < -0.39 is 17.5 Å². The van der Waals surface area contributed by atoms with Gasteiger partial charge in [-0.05, 0) is 30.9 Å². The molecular weight excluding hydrogens is 189 g/mol.